The van der Waals surface area contributed by atoms with Gasteiger partial charge in [0.1, 0.15) is 34.5 Å². The number of nitrogens with zero attached hydrogens (tertiary/aromatic N) is 6. The van der Waals surface area contributed by atoms with E-state index in [2.05, 4.69) is 42.5 Å². The molecular formula is C32H37F3N8O3S2. The number of rotatable bonds is 11. The van der Waals surface area contributed by atoms with Crippen LogP contribution in [0.5, 0.6) is 5.75 Å². The van der Waals surface area contributed by atoms with E-state index in [4.69, 9.17) is 0 Å². The summed E-state index contributed by atoms with van der Waals surface area (Å²) in [4.78, 5) is 13.7. The standard InChI is InChI=1S/C32H37F3N8O3S2/c1-2-48(45,46)40-24-5-7-41(8-6-24)11-12-43-25(18-36)14-21-13-22(29(44)16-28(21)43)19-42-9-3-23(4-10-42)39-30-27-15-26(17-32(33,34)35)47-31(27)38-20-37-30/h2,13-16,20,23-24,40,44H,1,3-12,17,19H2,(H,37,38,39). The normalized spacial score (nSPS) is 17.6. The molecule has 0 atom stereocenters. The third-order valence-corrected chi connectivity index (χ3v) is 11.2. The van der Waals surface area contributed by atoms with Gasteiger partial charge in [-0.3, -0.25) is 4.90 Å². The number of thiophene rings is 1. The molecule has 0 spiro atoms. The summed E-state index contributed by atoms with van der Waals surface area (Å²) in [5, 5.41) is 26.7. The molecule has 1 aromatic carbocycles. The van der Waals surface area contributed by atoms with Crippen LogP contribution in [0.4, 0.5) is 19.0 Å². The zero-order valence-electron chi connectivity index (χ0n) is 26.2. The Morgan fingerprint density at radius 3 is 2.44 bits per heavy atom. The van der Waals surface area contributed by atoms with Crippen LogP contribution >= 0.6 is 11.3 Å². The third kappa shape index (κ3) is 8.09. The summed E-state index contributed by atoms with van der Waals surface area (Å²) in [5.41, 5.74) is 2.07. The fraction of sp³-hybridized carbons (Fsp3) is 0.469. The minimum Gasteiger partial charge on any atom is -0.508 e. The van der Waals surface area contributed by atoms with Crippen molar-refractivity contribution in [1.29, 1.82) is 5.26 Å². The van der Waals surface area contributed by atoms with Crippen molar-refractivity contribution in [3.63, 3.8) is 0 Å². The van der Waals surface area contributed by atoms with Crippen molar-refractivity contribution >= 4 is 48.3 Å². The second-order valence-electron chi connectivity index (χ2n) is 12.4. The van der Waals surface area contributed by atoms with Gasteiger partial charge in [-0.1, -0.05) is 6.58 Å². The molecule has 256 valence electrons. The Morgan fingerprint density at radius 1 is 1.04 bits per heavy atom. The lowest BCUT2D eigenvalue weighted by atomic mass is 10.0. The lowest BCUT2D eigenvalue weighted by Gasteiger charge is -2.33. The molecule has 3 N–H and O–H groups in total. The zero-order chi connectivity index (χ0) is 34.1. The van der Waals surface area contributed by atoms with Crippen molar-refractivity contribution in [2.24, 2.45) is 0 Å². The highest BCUT2D eigenvalue weighted by atomic mass is 32.2. The minimum absolute atomic E-state index is 0.0934. The largest absolute Gasteiger partial charge is 0.508 e. The van der Waals surface area contributed by atoms with E-state index in [0.29, 0.717) is 54.2 Å². The maximum absolute atomic E-state index is 12.9. The molecule has 48 heavy (non-hydrogen) atoms. The van der Waals surface area contributed by atoms with Crippen molar-refractivity contribution < 1.29 is 26.7 Å². The molecule has 0 saturated carbocycles. The summed E-state index contributed by atoms with van der Waals surface area (Å²) in [6.45, 7) is 8.09. The van der Waals surface area contributed by atoms with Crippen LogP contribution in [-0.2, 0) is 29.5 Å². The quantitative estimate of drug-likeness (QED) is 0.199. The van der Waals surface area contributed by atoms with E-state index in [0.717, 1.165) is 72.2 Å². The molecule has 0 bridgehead atoms. The predicted octanol–water partition coefficient (Wildman–Crippen LogP) is 4.93. The van der Waals surface area contributed by atoms with Gasteiger partial charge in [0.05, 0.1) is 17.3 Å². The fourth-order valence-electron chi connectivity index (χ4n) is 6.58. The SMILES string of the molecule is C=CS(=O)(=O)NC1CCN(CCn2c(C#N)cc3cc(CN4CCC(Nc5ncnc6sc(CC(F)(F)F)cc56)CC4)c(O)cc32)CC1. The molecule has 2 aliphatic heterocycles. The van der Waals surface area contributed by atoms with Gasteiger partial charge in [0.15, 0.2) is 0 Å². The Hall–Kier alpha value is -3.75. The van der Waals surface area contributed by atoms with Crippen LogP contribution in [0.3, 0.4) is 0 Å². The second-order valence-corrected chi connectivity index (χ2v) is 15.2. The molecule has 2 aliphatic rings. The first-order chi connectivity index (χ1) is 22.9. The number of anilines is 1. The monoisotopic (exact) mass is 702 g/mol. The number of alkyl halides is 3. The Balaban J connectivity index is 1.05. The first-order valence-electron chi connectivity index (χ1n) is 15.8. The Labute approximate surface area is 280 Å². The van der Waals surface area contributed by atoms with Crippen molar-refractivity contribution in [3.05, 3.63) is 58.7 Å². The molecule has 11 nitrogen and oxygen atoms in total. The number of aromatic hydroxyl groups is 1. The topological polar surface area (TPSA) is 139 Å². The van der Waals surface area contributed by atoms with Crippen LogP contribution in [0.1, 0.15) is 41.8 Å². The number of piperidine rings is 2. The maximum Gasteiger partial charge on any atom is 0.393 e. The molecule has 3 aromatic heterocycles. The van der Waals surface area contributed by atoms with Crippen LogP contribution in [0.15, 0.2) is 42.6 Å². The Kier molecular flexibility index (Phi) is 9.96. The van der Waals surface area contributed by atoms with E-state index >= 15 is 0 Å². The molecular weight excluding hydrogens is 666 g/mol. The summed E-state index contributed by atoms with van der Waals surface area (Å²) in [6, 6.07) is 9.29. The number of hydrogen-bond acceptors (Lipinski definition) is 10. The summed E-state index contributed by atoms with van der Waals surface area (Å²) in [6.07, 6.45) is -0.936. The summed E-state index contributed by atoms with van der Waals surface area (Å²) >= 11 is 1.03. The van der Waals surface area contributed by atoms with Gasteiger partial charge in [-0.2, -0.15) is 18.4 Å². The van der Waals surface area contributed by atoms with E-state index in [1.807, 2.05) is 16.7 Å². The van der Waals surface area contributed by atoms with E-state index in [-0.39, 0.29) is 22.7 Å². The zero-order valence-corrected chi connectivity index (χ0v) is 27.8. The summed E-state index contributed by atoms with van der Waals surface area (Å²) < 4.78 is 66.9. The molecule has 0 amide bonds. The number of aromatic nitrogens is 3. The third-order valence-electron chi connectivity index (χ3n) is 9.07. The van der Waals surface area contributed by atoms with Crippen molar-refractivity contribution in [1.82, 2.24) is 29.1 Å². The highest BCUT2D eigenvalue weighted by molar-refractivity contribution is 7.92. The van der Waals surface area contributed by atoms with Crippen molar-refractivity contribution in [3.8, 4) is 11.8 Å². The van der Waals surface area contributed by atoms with E-state index in [1.54, 1.807) is 6.07 Å². The molecule has 0 radical (unpaired) electrons. The van der Waals surface area contributed by atoms with Crippen LogP contribution < -0.4 is 10.0 Å². The lowest BCUT2D eigenvalue weighted by molar-refractivity contribution is -0.126. The van der Waals surface area contributed by atoms with Gasteiger partial charge in [0.2, 0.25) is 10.0 Å². The van der Waals surface area contributed by atoms with Gasteiger partial charge in [-0.05, 0) is 57.0 Å². The first-order valence-corrected chi connectivity index (χ1v) is 18.2. The fourth-order valence-corrected chi connectivity index (χ4v) is 8.40. The molecule has 4 aromatic rings. The molecule has 0 unspecified atom stereocenters. The number of nitriles is 1. The second kappa shape index (κ2) is 14.0. The van der Waals surface area contributed by atoms with Gasteiger partial charge >= 0.3 is 6.18 Å². The van der Waals surface area contributed by atoms with Crippen LogP contribution in [0, 0.1) is 11.3 Å². The lowest BCUT2D eigenvalue weighted by Crippen LogP contribution is -2.44. The van der Waals surface area contributed by atoms with Gasteiger partial charge in [-0.15, -0.1) is 11.3 Å². The maximum atomic E-state index is 12.9. The number of hydrogen-bond donors (Lipinski definition) is 3. The van der Waals surface area contributed by atoms with Gasteiger partial charge in [-0.25, -0.2) is 23.1 Å². The minimum atomic E-state index is -4.28. The summed E-state index contributed by atoms with van der Waals surface area (Å²) in [7, 11) is -3.46. The van der Waals surface area contributed by atoms with Gasteiger partial charge in [0.25, 0.3) is 0 Å². The van der Waals surface area contributed by atoms with Crippen LogP contribution in [0.2, 0.25) is 0 Å². The molecule has 2 saturated heterocycles. The number of nitrogens with one attached hydrogen (secondary N) is 2. The number of fused-ring (bicyclic) bond motifs is 2. The molecule has 5 heterocycles. The first kappa shape index (κ1) is 34.1. The average molecular weight is 703 g/mol. The molecule has 0 aliphatic carbocycles. The molecule has 6 rings (SSSR count). The van der Waals surface area contributed by atoms with Crippen molar-refractivity contribution in [2.75, 3.05) is 38.0 Å². The smallest absolute Gasteiger partial charge is 0.393 e. The molecule has 2 fully saturated rings. The Morgan fingerprint density at radius 2 is 1.75 bits per heavy atom. The average Bonchev–Trinajstić information content (AvgIpc) is 3.61. The number of phenols is 1. The van der Waals surface area contributed by atoms with Crippen LogP contribution in [0.25, 0.3) is 21.1 Å². The summed E-state index contributed by atoms with van der Waals surface area (Å²) in [5.74, 6) is 0.710. The number of benzene rings is 1. The predicted molar refractivity (Wildman–Crippen MR) is 179 cm³/mol. The van der Waals surface area contributed by atoms with E-state index < -0.39 is 22.6 Å². The highest BCUT2D eigenvalue weighted by Gasteiger charge is 2.29. The molecule has 16 heteroatoms. The van der Waals surface area contributed by atoms with E-state index in [1.165, 1.54) is 12.4 Å². The van der Waals surface area contributed by atoms with Gasteiger partial charge in [0, 0.05) is 72.1 Å². The van der Waals surface area contributed by atoms with E-state index in [9.17, 15) is 32.0 Å². The van der Waals surface area contributed by atoms with Gasteiger partial charge < -0.3 is 19.9 Å². The Bertz CT molecular complexity index is 1940. The number of phenolic OH excluding ortho intramolecular Hbond substituents is 1. The number of likely N-dealkylation sites (tertiary alicyclic amines) is 2. The van der Waals surface area contributed by atoms with Crippen LogP contribution in [-0.4, -0.2) is 88.8 Å². The van der Waals surface area contributed by atoms with Crippen molar-refractivity contribution in [2.45, 2.75) is 63.5 Å². The number of sulfonamides is 1. The number of halogens is 3. The highest BCUT2D eigenvalue weighted by Crippen LogP contribution is 2.34.